The van der Waals surface area contributed by atoms with Crippen LogP contribution in [0.5, 0.6) is 0 Å². The van der Waals surface area contributed by atoms with E-state index in [1.54, 1.807) is 24.3 Å². The van der Waals surface area contributed by atoms with Crippen LogP contribution in [0.15, 0.2) is 48.5 Å². The molecule has 0 amide bonds. The molecular formula is C26H35NO4. The molecule has 0 aliphatic rings. The molecule has 1 N–H and O–H groups in total. The molecule has 0 bridgehead atoms. The molecule has 0 aromatic heterocycles. The number of rotatable bonds is 14. The lowest BCUT2D eigenvalue weighted by Crippen LogP contribution is -2.07. The Bertz CT molecular complexity index is 801. The van der Waals surface area contributed by atoms with E-state index in [1.165, 1.54) is 0 Å². The van der Waals surface area contributed by atoms with Crippen LogP contribution in [0.3, 0.4) is 0 Å². The molecule has 0 aliphatic carbocycles. The molecular weight excluding hydrogens is 390 g/mol. The average molecular weight is 426 g/mol. The third-order valence-electron chi connectivity index (χ3n) is 4.97. The van der Waals surface area contributed by atoms with Gasteiger partial charge in [0.15, 0.2) is 0 Å². The third-order valence-corrected chi connectivity index (χ3v) is 4.97. The summed E-state index contributed by atoms with van der Waals surface area (Å²) >= 11 is 0. The Morgan fingerprint density at radius 2 is 1.26 bits per heavy atom. The first-order chi connectivity index (χ1) is 15.1. The lowest BCUT2D eigenvalue weighted by atomic mass is 10.1. The Morgan fingerprint density at radius 3 is 1.84 bits per heavy atom. The maximum Gasteiger partial charge on any atom is 0.338 e. The van der Waals surface area contributed by atoms with Crippen LogP contribution in [0.25, 0.3) is 0 Å². The summed E-state index contributed by atoms with van der Waals surface area (Å²) in [7, 11) is 0. The predicted octanol–water partition coefficient (Wildman–Crippen LogP) is 6.90. The number of esters is 2. The van der Waals surface area contributed by atoms with Crippen molar-refractivity contribution in [2.24, 2.45) is 0 Å². The summed E-state index contributed by atoms with van der Waals surface area (Å²) in [6, 6.07) is 14.4. The van der Waals surface area contributed by atoms with Crippen molar-refractivity contribution < 1.29 is 19.1 Å². The van der Waals surface area contributed by atoms with Crippen molar-refractivity contribution >= 4 is 23.3 Å². The van der Waals surface area contributed by atoms with Gasteiger partial charge in [0.1, 0.15) is 0 Å². The molecule has 0 aliphatic heterocycles. The van der Waals surface area contributed by atoms with Crippen LogP contribution >= 0.6 is 0 Å². The van der Waals surface area contributed by atoms with Gasteiger partial charge in [-0.2, -0.15) is 0 Å². The number of hydrogen-bond donors (Lipinski definition) is 1. The van der Waals surface area contributed by atoms with Gasteiger partial charge in [0.05, 0.1) is 24.3 Å². The number of benzene rings is 2. The van der Waals surface area contributed by atoms with E-state index in [2.05, 4.69) is 19.2 Å². The van der Waals surface area contributed by atoms with Crippen molar-refractivity contribution in [3.63, 3.8) is 0 Å². The molecule has 168 valence electrons. The van der Waals surface area contributed by atoms with Crippen LogP contribution in [-0.4, -0.2) is 25.2 Å². The highest BCUT2D eigenvalue weighted by Crippen LogP contribution is 2.19. The quantitative estimate of drug-likeness (QED) is 0.263. The van der Waals surface area contributed by atoms with E-state index in [0.717, 1.165) is 62.7 Å². The van der Waals surface area contributed by atoms with E-state index in [1.807, 2.05) is 24.3 Å². The molecule has 0 radical (unpaired) electrons. The zero-order chi connectivity index (χ0) is 22.3. The Balaban J connectivity index is 1.84. The summed E-state index contributed by atoms with van der Waals surface area (Å²) in [6.07, 6.45) is 8.59. The lowest BCUT2D eigenvalue weighted by molar-refractivity contribution is 0.0488. The number of ether oxygens (including phenoxy) is 2. The minimum atomic E-state index is -0.308. The van der Waals surface area contributed by atoms with Crippen molar-refractivity contribution in [2.75, 3.05) is 18.5 Å². The first-order valence-electron chi connectivity index (χ1n) is 11.5. The summed E-state index contributed by atoms with van der Waals surface area (Å²) in [5.74, 6) is -0.607. The van der Waals surface area contributed by atoms with Crippen LogP contribution < -0.4 is 5.32 Å². The minimum Gasteiger partial charge on any atom is -0.462 e. The van der Waals surface area contributed by atoms with Gasteiger partial charge in [0.25, 0.3) is 0 Å². The summed E-state index contributed by atoms with van der Waals surface area (Å²) < 4.78 is 10.7. The second kappa shape index (κ2) is 14.2. The third kappa shape index (κ3) is 9.24. The normalized spacial score (nSPS) is 10.5. The van der Waals surface area contributed by atoms with E-state index < -0.39 is 0 Å². The fraction of sp³-hybridized carbons (Fsp3) is 0.462. The fourth-order valence-electron chi connectivity index (χ4n) is 3.13. The summed E-state index contributed by atoms with van der Waals surface area (Å²) in [5, 5.41) is 3.26. The van der Waals surface area contributed by atoms with Crippen LogP contribution in [0.1, 0.15) is 85.9 Å². The molecule has 0 spiro atoms. The van der Waals surface area contributed by atoms with Gasteiger partial charge in [0.2, 0.25) is 0 Å². The van der Waals surface area contributed by atoms with Crippen LogP contribution in [0.4, 0.5) is 11.4 Å². The molecule has 0 heterocycles. The molecule has 0 saturated carbocycles. The van der Waals surface area contributed by atoms with Gasteiger partial charge in [-0.25, -0.2) is 9.59 Å². The number of carbonyl (C=O) groups is 2. The maximum absolute atomic E-state index is 12.2. The zero-order valence-electron chi connectivity index (χ0n) is 18.8. The molecule has 0 saturated heterocycles. The molecule has 2 aromatic rings. The van der Waals surface area contributed by atoms with Gasteiger partial charge >= 0.3 is 11.9 Å². The van der Waals surface area contributed by atoms with Crippen LogP contribution in [0.2, 0.25) is 0 Å². The molecule has 0 atom stereocenters. The molecule has 0 fully saturated rings. The second-order valence-electron chi connectivity index (χ2n) is 7.68. The van der Waals surface area contributed by atoms with E-state index in [4.69, 9.17) is 9.47 Å². The van der Waals surface area contributed by atoms with E-state index in [9.17, 15) is 9.59 Å². The van der Waals surface area contributed by atoms with Gasteiger partial charge in [0, 0.05) is 11.4 Å². The highest BCUT2D eigenvalue weighted by Gasteiger charge is 2.09. The van der Waals surface area contributed by atoms with E-state index in [0.29, 0.717) is 24.3 Å². The minimum absolute atomic E-state index is 0.299. The van der Waals surface area contributed by atoms with E-state index in [-0.39, 0.29) is 11.9 Å². The highest BCUT2D eigenvalue weighted by molar-refractivity contribution is 5.91. The largest absolute Gasteiger partial charge is 0.462 e. The number of hydrogen-bond acceptors (Lipinski definition) is 5. The second-order valence-corrected chi connectivity index (χ2v) is 7.68. The van der Waals surface area contributed by atoms with Crippen molar-refractivity contribution in [1.29, 1.82) is 0 Å². The SMILES string of the molecule is CCCCCCOC(=O)c1ccc(Nc2cccc(C(=O)OCCCCCC)c2)cc1. The monoisotopic (exact) mass is 425 g/mol. The van der Waals surface area contributed by atoms with Gasteiger partial charge in [-0.05, 0) is 55.3 Å². The molecule has 0 unspecified atom stereocenters. The Morgan fingerprint density at radius 1 is 0.677 bits per heavy atom. The van der Waals surface area contributed by atoms with Crippen LogP contribution in [0, 0.1) is 0 Å². The van der Waals surface area contributed by atoms with Crippen molar-refractivity contribution in [2.45, 2.75) is 65.2 Å². The molecule has 5 heteroatoms. The molecule has 5 nitrogen and oxygen atoms in total. The summed E-state index contributed by atoms with van der Waals surface area (Å²) in [4.78, 5) is 24.4. The summed E-state index contributed by atoms with van der Waals surface area (Å²) in [6.45, 7) is 5.21. The topological polar surface area (TPSA) is 64.6 Å². The number of nitrogens with one attached hydrogen (secondary N) is 1. The molecule has 31 heavy (non-hydrogen) atoms. The Labute approximate surface area is 186 Å². The summed E-state index contributed by atoms with van der Waals surface area (Å²) in [5.41, 5.74) is 2.65. The highest BCUT2D eigenvalue weighted by atomic mass is 16.5. The Hall–Kier alpha value is -2.82. The van der Waals surface area contributed by atoms with Crippen LogP contribution in [-0.2, 0) is 9.47 Å². The standard InChI is InChI=1S/C26H35NO4/c1-3-5-7-9-18-30-25(28)21-14-16-23(17-15-21)27-24-13-11-12-22(20-24)26(29)31-19-10-8-6-4-2/h11-17,20,27H,3-10,18-19H2,1-2H3. The first-order valence-corrected chi connectivity index (χ1v) is 11.5. The average Bonchev–Trinajstić information content (AvgIpc) is 2.79. The molecule has 2 rings (SSSR count). The zero-order valence-corrected chi connectivity index (χ0v) is 18.8. The van der Waals surface area contributed by atoms with Gasteiger partial charge in [-0.3, -0.25) is 0 Å². The van der Waals surface area contributed by atoms with Crippen molar-refractivity contribution in [1.82, 2.24) is 0 Å². The first kappa shape index (κ1) is 24.4. The van der Waals surface area contributed by atoms with Crippen molar-refractivity contribution in [3.05, 3.63) is 59.7 Å². The predicted molar refractivity (Wildman–Crippen MR) is 125 cm³/mol. The van der Waals surface area contributed by atoms with Gasteiger partial charge < -0.3 is 14.8 Å². The smallest absolute Gasteiger partial charge is 0.338 e. The van der Waals surface area contributed by atoms with Crippen molar-refractivity contribution in [3.8, 4) is 0 Å². The number of unbranched alkanes of at least 4 members (excludes halogenated alkanes) is 6. The molecule has 2 aromatic carbocycles. The maximum atomic E-state index is 12.2. The van der Waals surface area contributed by atoms with Gasteiger partial charge in [-0.15, -0.1) is 0 Å². The fourth-order valence-corrected chi connectivity index (χ4v) is 3.13. The number of carbonyl (C=O) groups excluding carboxylic acids is 2. The lowest BCUT2D eigenvalue weighted by Gasteiger charge is -2.10. The Kier molecular flexibility index (Phi) is 11.2. The van der Waals surface area contributed by atoms with Gasteiger partial charge in [-0.1, -0.05) is 58.4 Å². The number of anilines is 2. The van der Waals surface area contributed by atoms with E-state index >= 15 is 0 Å².